The summed E-state index contributed by atoms with van der Waals surface area (Å²) in [5.41, 5.74) is 1.11. The molecule has 0 unspecified atom stereocenters. The molecule has 1 fully saturated rings. The molecule has 1 aromatic rings. The fourth-order valence-corrected chi connectivity index (χ4v) is 1.73. The van der Waals surface area contributed by atoms with Crippen molar-refractivity contribution in [1.82, 2.24) is 15.2 Å². The molecular weight excluding hydrogens is 218 g/mol. The molecular formula is C12H17N3O2. The number of rotatable bonds is 2. The van der Waals surface area contributed by atoms with E-state index in [0.29, 0.717) is 19.0 Å². The van der Waals surface area contributed by atoms with Crippen molar-refractivity contribution in [3.05, 3.63) is 23.9 Å². The molecule has 0 radical (unpaired) electrons. The number of hydrogen-bond acceptors (Lipinski definition) is 4. The van der Waals surface area contributed by atoms with Gasteiger partial charge in [0.05, 0.1) is 0 Å². The number of piperazine rings is 1. The maximum absolute atomic E-state index is 11.8. The monoisotopic (exact) mass is 235 g/mol. The Morgan fingerprint density at radius 1 is 1.53 bits per heavy atom. The van der Waals surface area contributed by atoms with Gasteiger partial charge in [0, 0.05) is 38.4 Å². The lowest BCUT2D eigenvalue weighted by Gasteiger charge is -2.26. The Balaban J connectivity index is 1.96. The van der Waals surface area contributed by atoms with Crippen LogP contribution >= 0.6 is 0 Å². The van der Waals surface area contributed by atoms with Gasteiger partial charge in [-0.15, -0.1) is 0 Å². The number of pyridine rings is 1. The average Bonchev–Trinajstić information content (AvgIpc) is 2.40. The first-order valence-electron chi connectivity index (χ1n) is 5.92. The molecule has 1 aromatic heterocycles. The zero-order chi connectivity index (χ0) is 12.1. The van der Waals surface area contributed by atoms with Gasteiger partial charge in [0.15, 0.2) is 0 Å². The van der Waals surface area contributed by atoms with Crippen LogP contribution < -0.4 is 10.1 Å². The molecule has 1 amide bonds. The Morgan fingerprint density at radius 2 is 2.29 bits per heavy atom. The van der Waals surface area contributed by atoms with Crippen molar-refractivity contribution in [2.75, 3.05) is 26.2 Å². The number of ether oxygens (including phenoxy) is 1. The van der Waals surface area contributed by atoms with E-state index in [9.17, 15) is 4.79 Å². The quantitative estimate of drug-likeness (QED) is 0.832. The van der Waals surface area contributed by atoms with Gasteiger partial charge in [-0.1, -0.05) is 6.92 Å². The lowest BCUT2D eigenvalue weighted by molar-refractivity contribution is 0.144. The third kappa shape index (κ3) is 3.17. The van der Waals surface area contributed by atoms with Crippen LogP contribution in [0.2, 0.25) is 0 Å². The Hall–Kier alpha value is -1.62. The van der Waals surface area contributed by atoms with Crippen LogP contribution in [0.1, 0.15) is 12.5 Å². The summed E-state index contributed by atoms with van der Waals surface area (Å²) in [4.78, 5) is 17.5. The number of hydrogen-bond donors (Lipinski definition) is 1. The Labute approximate surface area is 101 Å². The van der Waals surface area contributed by atoms with Crippen molar-refractivity contribution in [3.63, 3.8) is 0 Å². The van der Waals surface area contributed by atoms with Crippen molar-refractivity contribution in [1.29, 1.82) is 0 Å². The predicted octanol–water partition coefficient (Wildman–Crippen LogP) is 1.05. The lowest BCUT2D eigenvalue weighted by atomic mass is 10.2. The number of nitrogens with one attached hydrogen (secondary N) is 1. The first-order valence-corrected chi connectivity index (χ1v) is 5.92. The fraction of sp³-hybridized carbons (Fsp3) is 0.500. The van der Waals surface area contributed by atoms with Crippen LogP contribution in [0.3, 0.4) is 0 Å². The van der Waals surface area contributed by atoms with Gasteiger partial charge in [0.1, 0.15) is 0 Å². The number of carbonyl (C=O) groups is 1. The minimum absolute atomic E-state index is 0.313. The SMILES string of the molecule is CCc1ccnc(OC(=O)N2CCNCC2)c1. The van der Waals surface area contributed by atoms with E-state index in [1.807, 2.05) is 6.07 Å². The number of carbonyl (C=O) groups excluding carboxylic acids is 1. The number of aryl methyl sites for hydroxylation is 1. The fourth-order valence-electron chi connectivity index (χ4n) is 1.73. The van der Waals surface area contributed by atoms with E-state index in [1.165, 1.54) is 0 Å². The van der Waals surface area contributed by atoms with Crippen molar-refractivity contribution >= 4 is 6.09 Å². The van der Waals surface area contributed by atoms with Crippen molar-refractivity contribution in [3.8, 4) is 5.88 Å². The Kier molecular flexibility index (Phi) is 3.93. The van der Waals surface area contributed by atoms with Crippen LogP contribution in [0.25, 0.3) is 0 Å². The van der Waals surface area contributed by atoms with Crippen LogP contribution in [-0.2, 0) is 6.42 Å². The summed E-state index contributed by atoms with van der Waals surface area (Å²) in [6, 6.07) is 3.72. The van der Waals surface area contributed by atoms with Crippen molar-refractivity contribution in [2.45, 2.75) is 13.3 Å². The zero-order valence-electron chi connectivity index (χ0n) is 9.98. The summed E-state index contributed by atoms with van der Waals surface area (Å²) < 4.78 is 5.24. The molecule has 92 valence electrons. The Bertz CT molecular complexity index is 389. The molecule has 0 spiro atoms. The van der Waals surface area contributed by atoms with E-state index in [4.69, 9.17) is 4.74 Å². The topological polar surface area (TPSA) is 54.5 Å². The van der Waals surface area contributed by atoms with Gasteiger partial charge < -0.3 is 15.0 Å². The van der Waals surface area contributed by atoms with Gasteiger partial charge in [0.2, 0.25) is 5.88 Å². The highest BCUT2D eigenvalue weighted by atomic mass is 16.6. The first-order chi connectivity index (χ1) is 8.29. The minimum atomic E-state index is -0.313. The molecule has 5 nitrogen and oxygen atoms in total. The molecule has 0 aromatic carbocycles. The van der Waals surface area contributed by atoms with Crippen molar-refractivity contribution < 1.29 is 9.53 Å². The van der Waals surface area contributed by atoms with E-state index >= 15 is 0 Å². The maximum Gasteiger partial charge on any atom is 0.416 e. The average molecular weight is 235 g/mol. The van der Waals surface area contributed by atoms with Gasteiger partial charge in [-0.3, -0.25) is 0 Å². The van der Waals surface area contributed by atoms with E-state index in [2.05, 4.69) is 17.2 Å². The summed E-state index contributed by atoms with van der Waals surface area (Å²) >= 11 is 0. The van der Waals surface area contributed by atoms with E-state index in [1.54, 1.807) is 17.2 Å². The third-order valence-electron chi connectivity index (χ3n) is 2.77. The van der Waals surface area contributed by atoms with Crippen LogP contribution in [0.15, 0.2) is 18.3 Å². The smallest absolute Gasteiger partial charge is 0.391 e. The molecule has 17 heavy (non-hydrogen) atoms. The molecule has 0 atom stereocenters. The molecule has 1 aliphatic rings. The summed E-state index contributed by atoms with van der Waals surface area (Å²) in [6.07, 6.45) is 2.26. The molecule has 1 N–H and O–H groups in total. The number of amides is 1. The molecule has 5 heteroatoms. The van der Waals surface area contributed by atoms with E-state index in [-0.39, 0.29) is 6.09 Å². The first kappa shape index (κ1) is 11.9. The third-order valence-corrected chi connectivity index (χ3v) is 2.77. The minimum Gasteiger partial charge on any atom is -0.391 e. The van der Waals surface area contributed by atoms with Gasteiger partial charge in [0.25, 0.3) is 0 Å². The molecule has 2 heterocycles. The maximum atomic E-state index is 11.8. The highest BCUT2D eigenvalue weighted by Gasteiger charge is 2.18. The largest absolute Gasteiger partial charge is 0.416 e. The molecule has 1 aliphatic heterocycles. The van der Waals surface area contributed by atoms with Gasteiger partial charge in [-0.05, 0) is 18.1 Å². The Morgan fingerprint density at radius 3 is 3.00 bits per heavy atom. The summed E-state index contributed by atoms with van der Waals surface area (Å²) in [7, 11) is 0. The lowest BCUT2D eigenvalue weighted by Crippen LogP contribution is -2.47. The van der Waals surface area contributed by atoms with E-state index < -0.39 is 0 Å². The molecule has 0 saturated carbocycles. The van der Waals surface area contributed by atoms with Gasteiger partial charge in [-0.2, -0.15) is 0 Å². The molecule has 2 rings (SSSR count). The van der Waals surface area contributed by atoms with Crippen LogP contribution in [0.5, 0.6) is 5.88 Å². The van der Waals surface area contributed by atoms with Crippen LogP contribution in [0.4, 0.5) is 4.79 Å². The second kappa shape index (κ2) is 5.63. The standard InChI is InChI=1S/C12H17N3O2/c1-2-10-3-4-14-11(9-10)17-12(16)15-7-5-13-6-8-15/h3-4,9,13H,2,5-8H2,1H3. The number of nitrogens with zero attached hydrogens (tertiary/aromatic N) is 2. The summed E-state index contributed by atoms with van der Waals surface area (Å²) in [5.74, 6) is 0.382. The summed E-state index contributed by atoms with van der Waals surface area (Å²) in [5, 5.41) is 3.19. The van der Waals surface area contributed by atoms with Gasteiger partial charge >= 0.3 is 6.09 Å². The van der Waals surface area contributed by atoms with Gasteiger partial charge in [-0.25, -0.2) is 9.78 Å². The van der Waals surface area contributed by atoms with Crippen LogP contribution in [-0.4, -0.2) is 42.2 Å². The normalized spacial score (nSPS) is 15.7. The highest BCUT2D eigenvalue weighted by Crippen LogP contribution is 2.11. The van der Waals surface area contributed by atoms with E-state index in [0.717, 1.165) is 25.1 Å². The second-order valence-electron chi connectivity index (χ2n) is 3.96. The molecule has 0 bridgehead atoms. The number of aromatic nitrogens is 1. The molecule has 0 aliphatic carbocycles. The van der Waals surface area contributed by atoms with Crippen molar-refractivity contribution in [2.24, 2.45) is 0 Å². The highest BCUT2D eigenvalue weighted by molar-refractivity contribution is 5.70. The summed E-state index contributed by atoms with van der Waals surface area (Å²) in [6.45, 7) is 5.06. The zero-order valence-corrected chi connectivity index (χ0v) is 9.98. The molecule has 1 saturated heterocycles. The predicted molar refractivity (Wildman–Crippen MR) is 64.1 cm³/mol. The second-order valence-corrected chi connectivity index (χ2v) is 3.96. The van der Waals surface area contributed by atoms with Crippen LogP contribution in [0, 0.1) is 0 Å².